The van der Waals surface area contributed by atoms with E-state index in [0.717, 1.165) is 5.56 Å². The average molecular weight is 407 g/mol. The molecule has 4 aromatic rings. The number of pyridine rings is 1. The fourth-order valence-electron chi connectivity index (χ4n) is 3.27. The molecule has 0 spiro atoms. The third-order valence-corrected chi connectivity index (χ3v) is 5.17. The molecule has 152 valence electrons. The van der Waals surface area contributed by atoms with Gasteiger partial charge >= 0.3 is 0 Å². The molecule has 1 amide bonds. The van der Waals surface area contributed by atoms with Crippen LogP contribution < -0.4 is 10.1 Å². The molecule has 2 atom stereocenters. The van der Waals surface area contributed by atoms with Crippen LogP contribution in [0.3, 0.4) is 0 Å². The molecule has 0 aliphatic heterocycles. The summed E-state index contributed by atoms with van der Waals surface area (Å²) in [6, 6.07) is 8.94. The van der Waals surface area contributed by atoms with Gasteiger partial charge in [-0.1, -0.05) is 11.2 Å². The van der Waals surface area contributed by atoms with Crippen molar-refractivity contribution in [2.24, 2.45) is 0 Å². The number of amides is 1. The Kier molecular flexibility index (Phi) is 4.23. The van der Waals surface area contributed by atoms with Gasteiger partial charge in [0, 0.05) is 23.5 Å². The van der Waals surface area contributed by atoms with E-state index in [4.69, 9.17) is 9.26 Å². The number of carbonyl (C=O) groups is 1. The molecule has 0 unspecified atom stereocenters. The number of benzene rings is 1. The summed E-state index contributed by atoms with van der Waals surface area (Å²) in [5, 5.41) is 6.78. The van der Waals surface area contributed by atoms with Crippen LogP contribution in [0.25, 0.3) is 17.1 Å². The molecule has 1 N–H and O–H groups in total. The van der Waals surface area contributed by atoms with E-state index in [-0.39, 0.29) is 11.8 Å². The number of halogens is 1. The molecular formula is C21H18FN5O3. The lowest BCUT2D eigenvalue weighted by Gasteiger charge is -2.09. The van der Waals surface area contributed by atoms with Crippen LogP contribution in [0.5, 0.6) is 5.75 Å². The Labute approximate surface area is 170 Å². The third kappa shape index (κ3) is 3.18. The maximum atomic E-state index is 13.2. The predicted molar refractivity (Wildman–Crippen MR) is 106 cm³/mol. The summed E-state index contributed by atoms with van der Waals surface area (Å²) in [6.07, 6.45) is 2.78. The molecule has 1 saturated carbocycles. The van der Waals surface area contributed by atoms with Crippen molar-refractivity contribution in [3.8, 4) is 17.2 Å². The summed E-state index contributed by atoms with van der Waals surface area (Å²) < 4.78 is 25.4. The number of carbonyl (C=O) groups excluding carboxylic acids is 1. The summed E-state index contributed by atoms with van der Waals surface area (Å²) in [5.41, 5.74) is 3.12. The van der Waals surface area contributed by atoms with Crippen molar-refractivity contribution >= 4 is 17.2 Å². The highest BCUT2D eigenvalue weighted by molar-refractivity contribution is 6.04. The molecule has 1 aliphatic carbocycles. The number of fused-ring (bicyclic) bond motifs is 1. The standard InChI is InChI=1S/C21H18FN5O3/c1-11-3-4-12(21-25-19(26-30-21)14-9-15(14)22)7-16(11)24-20(28)17-10-23-18-8-13(29-2)5-6-27(17)18/h3-8,10,14-15H,9H2,1-2H3,(H,24,28)/t14-,15-/m0/s1. The van der Waals surface area contributed by atoms with E-state index >= 15 is 0 Å². The van der Waals surface area contributed by atoms with Gasteiger partial charge in [0.25, 0.3) is 11.8 Å². The van der Waals surface area contributed by atoms with Crippen LogP contribution in [0.2, 0.25) is 0 Å². The van der Waals surface area contributed by atoms with Crippen LogP contribution in [0.1, 0.15) is 34.2 Å². The van der Waals surface area contributed by atoms with Gasteiger partial charge in [-0.25, -0.2) is 9.37 Å². The minimum atomic E-state index is -0.895. The van der Waals surface area contributed by atoms with E-state index < -0.39 is 6.17 Å². The normalized spacial score (nSPS) is 17.8. The van der Waals surface area contributed by atoms with Crippen molar-refractivity contribution in [1.82, 2.24) is 19.5 Å². The molecule has 1 aromatic carbocycles. The first kappa shape index (κ1) is 18.3. The lowest BCUT2D eigenvalue weighted by Crippen LogP contribution is -2.15. The second kappa shape index (κ2) is 6.94. The molecular weight excluding hydrogens is 389 g/mol. The maximum Gasteiger partial charge on any atom is 0.274 e. The number of hydrogen-bond donors (Lipinski definition) is 1. The second-order valence-electron chi connectivity index (χ2n) is 7.24. The summed E-state index contributed by atoms with van der Waals surface area (Å²) in [7, 11) is 1.57. The zero-order valence-electron chi connectivity index (χ0n) is 16.3. The lowest BCUT2D eigenvalue weighted by molar-refractivity contribution is 0.102. The fraction of sp³-hybridized carbons (Fsp3) is 0.238. The molecule has 0 saturated heterocycles. The van der Waals surface area contributed by atoms with Crippen LogP contribution in [0.15, 0.2) is 47.2 Å². The first-order valence-electron chi connectivity index (χ1n) is 9.44. The third-order valence-electron chi connectivity index (χ3n) is 5.17. The van der Waals surface area contributed by atoms with Gasteiger partial charge in [0.15, 0.2) is 5.82 Å². The Morgan fingerprint density at radius 3 is 2.93 bits per heavy atom. The van der Waals surface area contributed by atoms with E-state index in [0.29, 0.717) is 46.5 Å². The van der Waals surface area contributed by atoms with Crippen molar-refractivity contribution in [2.45, 2.75) is 25.4 Å². The Morgan fingerprint density at radius 2 is 2.17 bits per heavy atom. The van der Waals surface area contributed by atoms with Gasteiger partial charge in [-0.05, 0) is 37.1 Å². The Morgan fingerprint density at radius 1 is 1.33 bits per heavy atom. The van der Waals surface area contributed by atoms with Crippen LogP contribution >= 0.6 is 0 Å². The van der Waals surface area contributed by atoms with Crippen molar-refractivity contribution in [2.75, 3.05) is 12.4 Å². The van der Waals surface area contributed by atoms with E-state index in [9.17, 15) is 9.18 Å². The Bertz CT molecular complexity index is 1260. The number of hydrogen-bond acceptors (Lipinski definition) is 6. The number of nitrogens with one attached hydrogen (secondary N) is 1. The van der Waals surface area contributed by atoms with E-state index in [1.54, 1.807) is 35.9 Å². The van der Waals surface area contributed by atoms with Crippen molar-refractivity contribution in [1.29, 1.82) is 0 Å². The fourth-order valence-corrected chi connectivity index (χ4v) is 3.27. The monoisotopic (exact) mass is 407 g/mol. The lowest BCUT2D eigenvalue weighted by atomic mass is 10.1. The highest BCUT2D eigenvalue weighted by atomic mass is 19.1. The smallest absolute Gasteiger partial charge is 0.274 e. The zero-order valence-corrected chi connectivity index (χ0v) is 16.3. The van der Waals surface area contributed by atoms with Crippen LogP contribution in [-0.2, 0) is 0 Å². The number of imidazole rings is 1. The van der Waals surface area contributed by atoms with Gasteiger partial charge in [0.2, 0.25) is 0 Å². The minimum absolute atomic E-state index is 0.277. The topological polar surface area (TPSA) is 94.6 Å². The van der Waals surface area contributed by atoms with Gasteiger partial charge in [0.1, 0.15) is 23.3 Å². The maximum absolute atomic E-state index is 13.2. The van der Waals surface area contributed by atoms with Gasteiger partial charge < -0.3 is 14.6 Å². The molecule has 1 fully saturated rings. The van der Waals surface area contributed by atoms with Gasteiger partial charge in [-0.3, -0.25) is 9.20 Å². The Hall–Kier alpha value is -3.75. The van der Waals surface area contributed by atoms with Gasteiger partial charge in [-0.2, -0.15) is 4.98 Å². The van der Waals surface area contributed by atoms with E-state index in [1.165, 1.54) is 6.20 Å². The number of methoxy groups -OCH3 is 1. The predicted octanol–water partition coefficient (Wildman–Crippen LogP) is 3.78. The summed E-state index contributed by atoms with van der Waals surface area (Å²) in [4.78, 5) is 21.4. The van der Waals surface area contributed by atoms with Crippen LogP contribution in [0, 0.1) is 6.92 Å². The highest BCUT2D eigenvalue weighted by Gasteiger charge is 2.42. The van der Waals surface area contributed by atoms with Crippen molar-refractivity contribution in [3.05, 3.63) is 59.8 Å². The summed E-state index contributed by atoms with van der Waals surface area (Å²) in [5.74, 6) is 0.748. The number of aromatic nitrogens is 4. The average Bonchev–Trinajstić information content (AvgIpc) is 3.15. The number of ether oxygens (including phenoxy) is 1. The SMILES string of the molecule is COc1ccn2c(C(=O)Nc3cc(-c4nc([C@H]5C[C@@H]5F)no4)ccc3C)cnc2c1. The number of alkyl halides is 1. The first-order valence-corrected chi connectivity index (χ1v) is 9.44. The molecule has 30 heavy (non-hydrogen) atoms. The quantitative estimate of drug-likeness (QED) is 0.541. The second-order valence-corrected chi connectivity index (χ2v) is 7.24. The van der Waals surface area contributed by atoms with Crippen LogP contribution in [-0.4, -0.2) is 38.7 Å². The molecule has 3 aromatic heterocycles. The number of aryl methyl sites for hydroxylation is 1. The summed E-state index contributed by atoms with van der Waals surface area (Å²) in [6.45, 7) is 1.88. The number of rotatable bonds is 5. The van der Waals surface area contributed by atoms with Gasteiger partial charge in [-0.15, -0.1) is 0 Å². The van der Waals surface area contributed by atoms with E-state index in [2.05, 4.69) is 20.4 Å². The highest BCUT2D eigenvalue weighted by Crippen LogP contribution is 2.42. The molecule has 9 heteroatoms. The zero-order chi connectivity index (χ0) is 20.8. The van der Waals surface area contributed by atoms with Crippen LogP contribution in [0.4, 0.5) is 10.1 Å². The summed E-state index contributed by atoms with van der Waals surface area (Å²) >= 11 is 0. The Balaban J connectivity index is 1.41. The van der Waals surface area contributed by atoms with Gasteiger partial charge in [0.05, 0.1) is 19.2 Å². The molecule has 0 bridgehead atoms. The van der Waals surface area contributed by atoms with Crippen molar-refractivity contribution in [3.63, 3.8) is 0 Å². The largest absolute Gasteiger partial charge is 0.497 e. The molecule has 0 radical (unpaired) electrons. The van der Waals surface area contributed by atoms with Crippen molar-refractivity contribution < 1.29 is 18.4 Å². The molecule has 1 aliphatic rings. The molecule has 5 rings (SSSR count). The van der Waals surface area contributed by atoms with E-state index in [1.807, 2.05) is 19.1 Å². The molecule has 3 heterocycles. The first-order chi connectivity index (χ1) is 14.5. The number of nitrogens with zero attached hydrogens (tertiary/aromatic N) is 4. The molecule has 8 nitrogen and oxygen atoms in total. The number of anilines is 1. The minimum Gasteiger partial charge on any atom is -0.497 e.